The zero-order chi connectivity index (χ0) is 18.7. The first-order chi connectivity index (χ1) is 12.4. The second-order valence-corrected chi connectivity index (χ2v) is 6.47. The molecule has 1 aromatic carbocycles. The maximum Gasteiger partial charge on any atom is 0.257 e. The maximum atomic E-state index is 12.2. The minimum absolute atomic E-state index is 0.132. The van der Waals surface area contributed by atoms with E-state index in [1.54, 1.807) is 31.4 Å². The number of rotatable bonds is 4. The standard InChI is InChI=1S/C18H16N4O3S/c1-11(23)19-14-5-3-12(4-6-14)15-10-26-18(20-15)21-17(25)13-7-8-22(2)16(24)9-13/h3-10H,1-2H3,(H,19,23)(H,20,21,25). The summed E-state index contributed by atoms with van der Waals surface area (Å²) in [6, 6.07) is 10.1. The van der Waals surface area contributed by atoms with Crippen molar-refractivity contribution in [2.75, 3.05) is 10.6 Å². The third-order valence-corrected chi connectivity index (χ3v) is 4.35. The maximum absolute atomic E-state index is 12.2. The Morgan fingerprint density at radius 3 is 2.50 bits per heavy atom. The number of thiazole rings is 1. The van der Waals surface area contributed by atoms with Crippen LogP contribution in [-0.4, -0.2) is 21.4 Å². The molecular formula is C18H16N4O3S. The van der Waals surface area contributed by atoms with E-state index in [1.807, 2.05) is 17.5 Å². The molecule has 2 heterocycles. The van der Waals surface area contributed by atoms with Gasteiger partial charge in [0.2, 0.25) is 5.91 Å². The summed E-state index contributed by atoms with van der Waals surface area (Å²) in [6.45, 7) is 1.45. The van der Waals surface area contributed by atoms with Crippen LogP contribution < -0.4 is 16.2 Å². The quantitative estimate of drug-likeness (QED) is 0.740. The van der Waals surface area contributed by atoms with E-state index in [9.17, 15) is 14.4 Å². The summed E-state index contributed by atoms with van der Waals surface area (Å²) in [6.07, 6.45) is 1.54. The summed E-state index contributed by atoms with van der Waals surface area (Å²) in [5.41, 5.74) is 2.31. The number of nitrogens with one attached hydrogen (secondary N) is 2. The Morgan fingerprint density at radius 1 is 1.12 bits per heavy atom. The molecule has 0 fully saturated rings. The van der Waals surface area contributed by atoms with Crippen LogP contribution >= 0.6 is 11.3 Å². The fraction of sp³-hybridized carbons (Fsp3) is 0.111. The van der Waals surface area contributed by atoms with Gasteiger partial charge in [0.15, 0.2) is 5.13 Å². The number of nitrogens with zero attached hydrogens (tertiary/aromatic N) is 2. The molecule has 0 spiro atoms. The van der Waals surface area contributed by atoms with E-state index in [0.717, 1.165) is 5.56 Å². The number of pyridine rings is 1. The normalized spacial score (nSPS) is 10.4. The molecule has 26 heavy (non-hydrogen) atoms. The lowest BCUT2D eigenvalue weighted by Crippen LogP contribution is -2.19. The van der Waals surface area contributed by atoms with Crippen LogP contribution in [0.3, 0.4) is 0 Å². The number of hydrogen-bond acceptors (Lipinski definition) is 5. The van der Waals surface area contributed by atoms with Crippen LogP contribution in [0.5, 0.6) is 0 Å². The third kappa shape index (κ3) is 4.04. The molecule has 0 aliphatic carbocycles. The van der Waals surface area contributed by atoms with E-state index in [2.05, 4.69) is 15.6 Å². The number of benzene rings is 1. The lowest BCUT2D eigenvalue weighted by Gasteiger charge is -2.03. The molecule has 2 amide bonds. The summed E-state index contributed by atoms with van der Waals surface area (Å²) in [4.78, 5) is 39.3. The molecule has 0 saturated carbocycles. The second-order valence-electron chi connectivity index (χ2n) is 5.62. The molecule has 2 N–H and O–H groups in total. The first-order valence-electron chi connectivity index (χ1n) is 7.74. The SMILES string of the molecule is CC(=O)Nc1ccc(-c2csc(NC(=O)c3ccn(C)c(=O)c3)n2)cc1. The molecular weight excluding hydrogens is 352 g/mol. The number of hydrogen-bond donors (Lipinski definition) is 2. The van der Waals surface area contributed by atoms with Gasteiger partial charge in [-0.05, 0) is 18.2 Å². The summed E-state index contributed by atoms with van der Waals surface area (Å²) in [5, 5.41) is 7.66. The zero-order valence-electron chi connectivity index (χ0n) is 14.1. The third-order valence-electron chi connectivity index (χ3n) is 3.59. The predicted octanol–water partition coefficient (Wildman–Crippen LogP) is 2.72. The van der Waals surface area contributed by atoms with Crippen LogP contribution in [0.15, 0.2) is 52.8 Å². The fourth-order valence-electron chi connectivity index (χ4n) is 2.25. The molecule has 0 aliphatic heterocycles. The number of carbonyl (C=O) groups excluding carboxylic acids is 2. The van der Waals surface area contributed by atoms with Crippen LogP contribution in [0.2, 0.25) is 0 Å². The van der Waals surface area contributed by atoms with Crippen molar-refractivity contribution < 1.29 is 9.59 Å². The van der Waals surface area contributed by atoms with Crippen LogP contribution in [-0.2, 0) is 11.8 Å². The Morgan fingerprint density at radius 2 is 1.85 bits per heavy atom. The van der Waals surface area contributed by atoms with Gasteiger partial charge in [-0.2, -0.15) is 0 Å². The molecule has 0 saturated heterocycles. The summed E-state index contributed by atoms with van der Waals surface area (Å²) < 4.78 is 1.39. The van der Waals surface area contributed by atoms with Crippen molar-refractivity contribution in [3.05, 3.63) is 63.9 Å². The lowest BCUT2D eigenvalue weighted by atomic mass is 10.1. The van der Waals surface area contributed by atoms with Gasteiger partial charge >= 0.3 is 0 Å². The van der Waals surface area contributed by atoms with E-state index >= 15 is 0 Å². The topological polar surface area (TPSA) is 93.1 Å². The Hall–Kier alpha value is -3.26. The van der Waals surface area contributed by atoms with Crippen molar-refractivity contribution in [2.24, 2.45) is 7.05 Å². The Balaban J connectivity index is 1.73. The van der Waals surface area contributed by atoms with Gasteiger partial charge in [-0.1, -0.05) is 12.1 Å². The molecule has 7 nitrogen and oxygen atoms in total. The number of anilines is 2. The number of carbonyl (C=O) groups is 2. The van der Waals surface area contributed by atoms with E-state index in [0.29, 0.717) is 16.5 Å². The van der Waals surface area contributed by atoms with Crippen LogP contribution in [0, 0.1) is 0 Å². The molecule has 132 valence electrons. The van der Waals surface area contributed by atoms with E-state index < -0.39 is 0 Å². The first-order valence-corrected chi connectivity index (χ1v) is 8.62. The summed E-state index contributed by atoms with van der Waals surface area (Å²) >= 11 is 1.29. The van der Waals surface area contributed by atoms with Gasteiger partial charge < -0.3 is 9.88 Å². The van der Waals surface area contributed by atoms with E-state index in [4.69, 9.17) is 0 Å². The number of aromatic nitrogens is 2. The molecule has 3 aromatic rings. The van der Waals surface area contributed by atoms with Gasteiger partial charge in [0.05, 0.1) is 5.69 Å². The minimum Gasteiger partial charge on any atom is -0.326 e. The molecule has 8 heteroatoms. The highest BCUT2D eigenvalue weighted by Crippen LogP contribution is 2.26. The van der Waals surface area contributed by atoms with E-state index in [-0.39, 0.29) is 22.9 Å². The predicted molar refractivity (Wildman–Crippen MR) is 101 cm³/mol. The highest BCUT2D eigenvalue weighted by molar-refractivity contribution is 7.14. The number of aryl methyl sites for hydroxylation is 1. The molecule has 0 radical (unpaired) electrons. The molecule has 0 atom stereocenters. The van der Waals surface area contributed by atoms with Gasteiger partial charge in [-0.3, -0.25) is 19.7 Å². The van der Waals surface area contributed by atoms with Crippen LogP contribution in [0.4, 0.5) is 10.8 Å². The smallest absolute Gasteiger partial charge is 0.257 e. The van der Waals surface area contributed by atoms with Gasteiger partial charge in [-0.25, -0.2) is 4.98 Å². The Bertz CT molecular complexity index is 1020. The molecule has 0 bridgehead atoms. The van der Waals surface area contributed by atoms with Crippen molar-refractivity contribution in [3.8, 4) is 11.3 Å². The fourth-order valence-corrected chi connectivity index (χ4v) is 2.97. The summed E-state index contributed by atoms with van der Waals surface area (Å²) in [5.74, 6) is -0.517. The van der Waals surface area contributed by atoms with Crippen LogP contribution in [0.1, 0.15) is 17.3 Å². The second kappa shape index (κ2) is 7.32. The van der Waals surface area contributed by atoms with Gasteiger partial charge in [0.1, 0.15) is 0 Å². The Labute approximate surface area is 153 Å². The monoisotopic (exact) mass is 368 g/mol. The highest BCUT2D eigenvalue weighted by Gasteiger charge is 2.11. The Kier molecular flexibility index (Phi) is 4.94. The van der Waals surface area contributed by atoms with Crippen molar-refractivity contribution in [2.45, 2.75) is 6.92 Å². The average Bonchev–Trinajstić information content (AvgIpc) is 3.06. The molecule has 0 unspecified atom stereocenters. The first kappa shape index (κ1) is 17.6. The molecule has 3 rings (SSSR count). The van der Waals surface area contributed by atoms with E-state index in [1.165, 1.54) is 28.9 Å². The summed E-state index contributed by atoms with van der Waals surface area (Å²) in [7, 11) is 1.62. The lowest BCUT2D eigenvalue weighted by molar-refractivity contribution is -0.114. The van der Waals surface area contributed by atoms with Crippen molar-refractivity contribution in [1.82, 2.24) is 9.55 Å². The van der Waals surface area contributed by atoms with Crippen molar-refractivity contribution in [3.63, 3.8) is 0 Å². The molecule has 0 aliphatic rings. The van der Waals surface area contributed by atoms with Crippen molar-refractivity contribution in [1.29, 1.82) is 0 Å². The van der Waals surface area contributed by atoms with Crippen molar-refractivity contribution >= 4 is 34.0 Å². The average molecular weight is 368 g/mol. The minimum atomic E-state index is -0.385. The number of amides is 2. The molecule has 2 aromatic heterocycles. The largest absolute Gasteiger partial charge is 0.326 e. The van der Waals surface area contributed by atoms with Crippen LogP contribution in [0.25, 0.3) is 11.3 Å². The van der Waals surface area contributed by atoms with Gasteiger partial charge in [0.25, 0.3) is 11.5 Å². The van der Waals surface area contributed by atoms with Gasteiger partial charge in [0, 0.05) is 48.4 Å². The zero-order valence-corrected chi connectivity index (χ0v) is 15.0. The highest BCUT2D eigenvalue weighted by atomic mass is 32.1. The van der Waals surface area contributed by atoms with Gasteiger partial charge in [-0.15, -0.1) is 11.3 Å².